The number of carbonyl (C=O) groups is 3. The number of nitrogens with one attached hydrogen (secondary N) is 1. The molecule has 0 spiro atoms. The topological polar surface area (TPSA) is 79.0 Å². The molecule has 2 amide bonds. The second-order valence-corrected chi connectivity index (χ2v) is 9.23. The minimum absolute atomic E-state index is 0. The highest BCUT2D eigenvalue weighted by Crippen LogP contribution is 2.38. The normalized spacial score (nSPS) is 21.7. The van der Waals surface area contributed by atoms with Gasteiger partial charge in [-0.1, -0.05) is 32.9 Å². The Morgan fingerprint density at radius 1 is 1.12 bits per heavy atom. The van der Waals surface area contributed by atoms with Crippen LogP contribution >= 0.6 is 0 Å². The van der Waals surface area contributed by atoms with E-state index in [1.165, 1.54) is 11.1 Å². The lowest BCUT2D eigenvalue weighted by Gasteiger charge is -2.40. The number of imide groups is 1. The van der Waals surface area contributed by atoms with Gasteiger partial charge < -0.3 is 9.64 Å². The monoisotopic (exact) mass is 457 g/mol. The maximum absolute atomic E-state index is 12.5. The summed E-state index contributed by atoms with van der Waals surface area (Å²) in [5.41, 5.74) is 3.91. The Morgan fingerprint density at radius 2 is 1.91 bits per heavy atom. The molecule has 1 N–H and O–H groups in total. The molecule has 1 unspecified atom stereocenters. The van der Waals surface area contributed by atoms with Crippen molar-refractivity contribution in [2.45, 2.75) is 77.7 Å². The first kappa shape index (κ1) is 25.2. The lowest BCUT2D eigenvalue weighted by molar-refractivity contribution is -0.145. The Bertz CT molecular complexity index is 848. The van der Waals surface area contributed by atoms with Crippen LogP contribution in [-0.2, 0) is 25.5 Å². The largest absolute Gasteiger partial charge is 0.465 e. The van der Waals surface area contributed by atoms with Crippen molar-refractivity contribution in [3.63, 3.8) is 0 Å². The standard InChI is InChI=1S/C25H35N3O4.CH4/c1-2-3-16-32-24(30)17-27-14-11-18(12-15-27)19-6-4-8-21-20(19)7-5-13-28(21)22-9-10-23(29)26-25(22)31;/h4,6,8,18,22H,2-3,5,7,9-17H2,1H3,(H,26,29,31);1H4. The van der Waals surface area contributed by atoms with Crippen LogP contribution in [0.4, 0.5) is 5.69 Å². The van der Waals surface area contributed by atoms with Crippen LogP contribution in [0.3, 0.4) is 0 Å². The number of carbonyl (C=O) groups excluding carboxylic acids is 3. The van der Waals surface area contributed by atoms with Gasteiger partial charge in [-0.25, -0.2) is 0 Å². The number of hydrogen-bond donors (Lipinski definition) is 1. The summed E-state index contributed by atoms with van der Waals surface area (Å²) in [4.78, 5) is 40.5. The zero-order chi connectivity index (χ0) is 22.5. The summed E-state index contributed by atoms with van der Waals surface area (Å²) in [5.74, 6) is 0.0183. The van der Waals surface area contributed by atoms with E-state index >= 15 is 0 Å². The van der Waals surface area contributed by atoms with Crippen molar-refractivity contribution < 1.29 is 19.1 Å². The summed E-state index contributed by atoms with van der Waals surface area (Å²) in [7, 11) is 0. The molecule has 1 aromatic rings. The number of benzene rings is 1. The number of esters is 1. The van der Waals surface area contributed by atoms with Gasteiger partial charge in [-0.05, 0) is 74.7 Å². The summed E-state index contributed by atoms with van der Waals surface area (Å²) < 4.78 is 5.32. The van der Waals surface area contributed by atoms with E-state index in [0.717, 1.165) is 63.8 Å². The van der Waals surface area contributed by atoms with Gasteiger partial charge in [0.05, 0.1) is 13.2 Å². The molecule has 3 aliphatic rings. The van der Waals surface area contributed by atoms with Crippen LogP contribution in [0.1, 0.15) is 76.3 Å². The predicted molar refractivity (Wildman–Crippen MR) is 129 cm³/mol. The molecular weight excluding hydrogens is 418 g/mol. The summed E-state index contributed by atoms with van der Waals surface area (Å²) in [6.07, 6.45) is 7.03. The third-order valence-corrected chi connectivity index (χ3v) is 7.05. The van der Waals surface area contributed by atoms with Crippen LogP contribution < -0.4 is 10.2 Å². The van der Waals surface area contributed by atoms with E-state index in [9.17, 15) is 14.4 Å². The van der Waals surface area contributed by atoms with Crippen molar-refractivity contribution in [2.24, 2.45) is 0 Å². The third kappa shape index (κ3) is 5.94. The van der Waals surface area contributed by atoms with Gasteiger partial charge in [0.25, 0.3) is 0 Å². The highest BCUT2D eigenvalue weighted by Gasteiger charge is 2.35. The van der Waals surface area contributed by atoms with E-state index in [1.807, 2.05) is 0 Å². The van der Waals surface area contributed by atoms with E-state index < -0.39 is 0 Å². The average molecular weight is 458 g/mol. The highest BCUT2D eigenvalue weighted by atomic mass is 16.5. The number of likely N-dealkylation sites (tertiary alicyclic amines) is 1. The number of unbranched alkanes of at least 4 members (excludes halogenated alkanes) is 1. The Balaban J connectivity index is 0.00000306. The smallest absolute Gasteiger partial charge is 0.320 e. The molecule has 182 valence electrons. The summed E-state index contributed by atoms with van der Waals surface area (Å²) >= 11 is 0. The lowest BCUT2D eigenvalue weighted by Crippen LogP contribution is -2.54. The van der Waals surface area contributed by atoms with Gasteiger partial charge in [0.1, 0.15) is 6.04 Å². The number of piperidine rings is 2. The first-order chi connectivity index (χ1) is 15.6. The van der Waals surface area contributed by atoms with E-state index in [2.05, 4.69) is 40.2 Å². The van der Waals surface area contributed by atoms with Gasteiger partial charge in [-0.2, -0.15) is 0 Å². The van der Waals surface area contributed by atoms with Gasteiger partial charge in [-0.15, -0.1) is 0 Å². The van der Waals surface area contributed by atoms with Gasteiger partial charge in [-0.3, -0.25) is 24.6 Å². The summed E-state index contributed by atoms with van der Waals surface area (Å²) in [6.45, 7) is 5.63. The number of nitrogens with zero attached hydrogens (tertiary/aromatic N) is 2. The molecule has 33 heavy (non-hydrogen) atoms. The molecule has 1 atom stereocenters. The van der Waals surface area contributed by atoms with Gasteiger partial charge in [0.2, 0.25) is 11.8 Å². The van der Waals surface area contributed by atoms with E-state index in [-0.39, 0.29) is 31.3 Å². The van der Waals surface area contributed by atoms with Crippen molar-refractivity contribution in [3.8, 4) is 0 Å². The number of hydrogen-bond acceptors (Lipinski definition) is 6. The second-order valence-electron chi connectivity index (χ2n) is 9.23. The van der Waals surface area contributed by atoms with Crippen LogP contribution in [0.15, 0.2) is 18.2 Å². The second kappa shape index (κ2) is 11.6. The first-order valence-electron chi connectivity index (χ1n) is 12.2. The van der Waals surface area contributed by atoms with Crippen molar-refractivity contribution in [3.05, 3.63) is 29.3 Å². The van der Waals surface area contributed by atoms with Gasteiger partial charge in [0.15, 0.2) is 0 Å². The highest BCUT2D eigenvalue weighted by molar-refractivity contribution is 6.01. The molecule has 0 bridgehead atoms. The average Bonchev–Trinajstić information content (AvgIpc) is 2.79. The lowest BCUT2D eigenvalue weighted by atomic mass is 9.83. The van der Waals surface area contributed by atoms with E-state index in [1.54, 1.807) is 0 Å². The molecule has 3 heterocycles. The first-order valence-corrected chi connectivity index (χ1v) is 12.2. The molecule has 2 fully saturated rings. The van der Waals surface area contributed by atoms with Gasteiger partial charge in [0, 0.05) is 18.7 Å². The van der Waals surface area contributed by atoms with Crippen LogP contribution in [-0.4, -0.2) is 61.5 Å². The molecule has 1 aromatic carbocycles. The predicted octanol–water partition coefficient (Wildman–Crippen LogP) is 3.40. The number of amides is 2. The zero-order valence-corrected chi connectivity index (χ0v) is 19.1. The Labute approximate surface area is 197 Å². The van der Waals surface area contributed by atoms with Crippen molar-refractivity contribution in [1.82, 2.24) is 10.2 Å². The SMILES string of the molecule is C.CCCCOC(=O)CN1CCC(c2cccc3c2CCCN3C2CCC(=O)NC2=O)CC1. The fourth-order valence-corrected chi connectivity index (χ4v) is 5.33. The van der Waals surface area contributed by atoms with Crippen molar-refractivity contribution in [1.29, 1.82) is 0 Å². The number of fused-ring (bicyclic) bond motifs is 1. The van der Waals surface area contributed by atoms with Crippen LogP contribution in [0.25, 0.3) is 0 Å². The molecule has 3 aliphatic heterocycles. The maximum atomic E-state index is 12.5. The number of rotatable bonds is 7. The minimum atomic E-state index is -0.262. The fraction of sp³-hybridized carbons (Fsp3) is 0.654. The van der Waals surface area contributed by atoms with Crippen LogP contribution in [0, 0.1) is 0 Å². The molecule has 0 aliphatic carbocycles. The molecule has 7 heteroatoms. The zero-order valence-electron chi connectivity index (χ0n) is 19.1. The molecule has 2 saturated heterocycles. The third-order valence-electron chi connectivity index (χ3n) is 7.05. The van der Waals surface area contributed by atoms with E-state index in [4.69, 9.17) is 4.74 Å². The van der Waals surface area contributed by atoms with Crippen molar-refractivity contribution >= 4 is 23.5 Å². The number of anilines is 1. The molecular formula is C26H39N3O4. The Hall–Kier alpha value is -2.41. The Morgan fingerprint density at radius 3 is 2.64 bits per heavy atom. The quantitative estimate of drug-likeness (QED) is 0.384. The molecule has 0 radical (unpaired) electrons. The minimum Gasteiger partial charge on any atom is -0.465 e. The molecule has 0 aromatic heterocycles. The summed E-state index contributed by atoms with van der Waals surface area (Å²) in [6, 6.07) is 6.22. The fourth-order valence-electron chi connectivity index (χ4n) is 5.33. The molecule has 0 saturated carbocycles. The summed E-state index contributed by atoms with van der Waals surface area (Å²) in [5, 5.41) is 2.51. The molecule has 4 rings (SSSR count). The van der Waals surface area contributed by atoms with Crippen LogP contribution in [0.2, 0.25) is 0 Å². The Kier molecular flexibility index (Phi) is 8.89. The maximum Gasteiger partial charge on any atom is 0.320 e. The van der Waals surface area contributed by atoms with E-state index in [0.29, 0.717) is 31.9 Å². The molecule has 7 nitrogen and oxygen atoms in total. The van der Waals surface area contributed by atoms with Crippen molar-refractivity contribution in [2.75, 3.05) is 37.7 Å². The van der Waals surface area contributed by atoms with Gasteiger partial charge >= 0.3 is 5.97 Å². The van der Waals surface area contributed by atoms with Crippen LogP contribution in [0.5, 0.6) is 0 Å². The number of ether oxygens (including phenoxy) is 1.